The molecule has 0 saturated carbocycles. The van der Waals surface area contributed by atoms with Crippen LogP contribution in [0.2, 0.25) is 0 Å². The van der Waals surface area contributed by atoms with Crippen LogP contribution in [0.25, 0.3) is 4.96 Å². The Balaban J connectivity index is 1.55. The van der Waals surface area contributed by atoms with E-state index in [1.807, 2.05) is 6.92 Å². The maximum atomic E-state index is 12.2. The third-order valence-corrected chi connectivity index (χ3v) is 5.82. The molecular formula is C15H17N3O4S2. The van der Waals surface area contributed by atoms with E-state index in [1.165, 1.54) is 33.6 Å². The van der Waals surface area contributed by atoms with Crippen molar-refractivity contribution in [2.75, 3.05) is 18.8 Å². The third kappa shape index (κ3) is 3.46. The Morgan fingerprint density at radius 3 is 2.96 bits per heavy atom. The predicted octanol–water partition coefficient (Wildman–Crippen LogP) is 1.17. The molecule has 0 aromatic carbocycles. The number of hydrogen-bond acceptors (Lipinski definition) is 6. The lowest BCUT2D eigenvalue weighted by Crippen LogP contribution is -2.31. The van der Waals surface area contributed by atoms with Crippen molar-refractivity contribution in [2.24, 2.45) is 11.8 Å². The number of carboxylic acids is 1. The van der Waals surface area contributed by atoms with Crippen LogP contribution in [0.1, 0.15) is 12.6 Å². The number of carbonyl (C=O) groups is 2. The number of fused-ring (bicyclic) bond motifs is 1. The van der Waals surface area contributed by atoms with E-state index < -0.39 is 11.9 Å². The van der Waals surface area contributed by atoms with Gasteiger partial charge in [-0.3, -0.25) is 18.8 Å². The number of aromatic nitrogens is 2. The molecule has 0 unspecified atom stereocenters. The minimum atomic E-state index is -0.848. The lowest BCUT2D eigenvalue weighted by Gasteiger charge is -2.15. The Hall–Kier alpha value is -1.87. The highest BCUT2D eigenvalue weighted by atomic mass is 32.2. The van der Waals surface area contributed by atoms with Crippen LogP contribution >= 0.6 is 23.1 Å². The fourth-order valence-corrected chi connectivity index (χ4v) is 4.34. The summed E-state index contributed by atoms with van der Waals surface area (Å²) in [5.74, 6) is -0.698. The molecule has 24 heavy (non-hydrogen) atoms. The number of amides is 1. The molecule has 3 heterocycles. The zero-order chi connectivity index (χ0) is 17.3. The molecule has 0 radical (unpaired) electrons. The maximum absolute atomic E-state index is 12.2. The van der Waals surface area contributed by atoms with Crippen LogP contribution in [0, 0.1) is 11.8 Å². The van der Waals surface area contributed by atoms with Gasteiger partial charge in [-0.25, -0.2) is 4.98 Å². The van der Waals surface area contributed by atoms with Crippen LogP contribution in [0.3, 0.4) is 0 Å². The lowest BCUT2D eigenvalue weighted by molar-refractivity contribution is -0.142. The first kappa shape index (κ1) is 17.0. The van der Waals surface area contributed by atoms with Crippen molar-refractivity contribution < 1.29 is 14.7 Å². The molecule has 1 amide bonds. The summed E-state index contributed by atoms with van der Waals surface area (Å²) < 4.78 is 1.49. The zero-order valence-corrected chi connectivity index (χ0v) is 14.7. The molecule has 2 aromatic rings. The maximum Gasteiger partial charge on any atom is 0.308 e. The number of rotatable bonds is 5. The van der Waals surface area contributed by atoms with Crippen LogP contribution in [-0.2, 0) is 15.3 Å². The van der Waals surface area contributed by atoms with Crippen molar-refractivity contribution >= 4 is 39.9 Å². The molecule has 0 aliphatic carbocycles. The molecule has 1 fully saturated rings. The van der Waals surface area contributed by atoms with Crippen molar-refractivity contribution in [3.05, 3.63) is 33.7 Å². The van der Waals surface area contributed by atoms with Crippen LogP contribution in [-0.4, -0.2) is 50.1 Å². The number of aliphatic carboxylic acids is 1. The molecule has 1 N–H and O–H groups in total. The molecule has 9 heteroatoms. The minimum Gasteiger partial charge on any atom is -0.481 e. The van der Waals surface area contributed by atoms with Gasteiger partial charge in [-0.15, -0.1) is 23.1 Å². The SMILES string of the molecule is C[C@@H]1CN(C(=O)CSCc2cc(=O)n3ccsc3n2)C[C@H]1C(=O)O. The molecule has 1 aliphatic rings. The van der Waals surface area contributed by atoms with Crippen molar-refractivity contribution in [1.82, 2.24) is 14.3 Å². The molecule has 2 aromatic heterocycles. The Labute approximate surface area is 146 Å². The minimum absolute atomic E-state index is 0.0283. The monoisotopic (exact) mass is 367 g/mol. The summed E-state index contributed by atoms with van der Waals surface area (Å²) >= 11 is 2.78. The average Bonchev–Trinajstić information content (AvgIpc) is 3.13. The van der Waals surface area contributed by atoms with Gasteiger partial charge >= 0.3 is 5.97 Å². The fraction of sp³-hybridized carbons (Fsp3) is 0.467. The second kappa shape index (κ2) is 6.94. The molecule has 3 rings (SSSR count). The van der Waals surface area contributed by atoms with Crippen LogP contribution in [0.15, 0.2) is 22.4 Å². The van der Waals surface area contributed by atoms with Crippen molar-refractivity contribution in [2.45, 2.75) is 12.7 Å². The second-order valence-corrected chi connectivity index (χ2v) is 7.71. The Bertz CT molecular complexity index is 831. The van der Waals surface area contributed by atoms with Gasteiger partial charge in [0, 0.05) is 36.5 Å². The highest BCUT2D eigenvalue weighted by Gasteiger charge is 2.36. The molecule has 1 saturated heterocycles. The van der Waals surface area contributed by atoms with E-state index in [2.05, 4.69) is 4.98 Å². The standard InChI is InChI=1S/C15H17N3O4S2/c1-9-5-17(6-11(9)14(21)22)13(20)8-23-7-10-4-12(19)18-2-3-24-15(18)16-10/h2-4,9,11H,5-8H2,1H3,(H,21,22)/t9-,11-/m1/s1. The molecule has 0 bridgehead atoms. The van der Waals surface area contributed by atoms with Gasteiger partial charge < -0.3 is 10.0 Å². The van der Waals surface area contributed by atoms with E-state index in [4.69, 9.17) is 5.11 Å². The van der Waals surface area contributed by atoms with Gasteiger partial charge in [0.25, 0.3) is 5.56 Å². The fourth-order valence-electron chi connectivity index (χ4n) is 2.79. The van der Waals surface area contributed by atoms with Gasteiger partial charge in [0.05, 0.1) is 17.4 Å². The van der Waals surface area contributed by atoms with E-state index >= 15 is 0 Å². The zero-order valence-electron chi connectivity index (χ0n) is 13.0. The number of carboxylic acid groups (broad SMARTS) is 1. The Morgan fingerprint density at radius 2 is 2.25 bits per heavy atom. The van der Waals surface area contributed by atoms with E-state index in [0.29, 0.717) is 23.0 Å². The summed E-state index contributed by atoms with van der Waals surface area (Å²) in [5.41, 5.74) is 0.527. The van der Waals surface area contributed by atoms with Gasteiger partial charge in [-0.05, 0) is 5.92 Å². The van der Waals surface area contributed by atoms with E-state index in [0.717, 1.165) is 0 Å². The van der Waals surface area contributed by atoms with Gasteiger partial charge in [0.1, 0.15) is 0 Å². The number of likely N-dealkylation sites (tertiary alicyclic amines) is 1. The van der Waals surface area contributed by atoms with Crippen molar-refractivity contribution in [1.29, 1.82) is 0 Å². The first-order valence-electron chi connectivity index (χ1n) is 7.50. The normalized spacial score (nSPS) is 20.6. The molecule has 128 valence electrons. The number of thioether (sulfide) groups is 1. The summed E-state index contributed by atoms with van der Waals surface area (Å²) in [7, 11) is 0. The molecule has 1 aliphatic heterocycles. The van der Waals surface area contributed by atoms with Gasteiger partial charge in [0.15, 0.2) is 4.96 Å². The molecule has 7 nitrogen and oxygen atoms in total. The first-order chi connectivity index (χ1) is 11.5. The van der Waals surface area contributed by atoms with Crippen LogP contribution in [0.4, 0.5) is 0 Å². The largest absolute Gasteiger partial charge is 0.481 e. The smallest absolute Gasteiger partial charge is 0.308 e. The summed E-state index contributed by atoms with van der Waals surface area (Å²) in [6, 6.07) is 1.48. The first-order valence-corrected chi connectivity index (χ1v) is 9.53. The molecule has 2 atom stereocenters. The number of nitrogens with zero attached hydrogens (tertiary/aromatic N) is 3. The average molecular weight is 367 g/mol. The summed E-state index contributed by atoms with van der Waals surface area (Å²) in [5, 5.41) is 10.9. The van der Waals surface area contributed by atoms with E-state index in [1.54, 1.807) is 16.5 Å². The lowest BCUT2D eigenvalue weighted by atomic mass is 9.99. The second-order valence-electron chi connectivity index (χ2n) is 5.85. The Morgan fingerprint density at radius 1 is 1.46 bits per heavy atom. The number of thiazole rings is 1. The van der Waals surface area contributed by atoms with E-state index in [-0.39, 0.29) is 29.7 Å². The number of carbonyl (C=O) groups excluding carboxylic acids is 1. The Kier molecular flexibility index (Phi) is 4.91. The van der Waals surface area contributed by atoms with Gasteiger partial charge in [-0.2, -0.15) is 0 Å². The van der Waals surface area contributed by atoms with Gasteiger partial charge in [0.2, 0.25) is 5.91 Å². The molecular weight excluding hydrogens is 350 g/mol. The van der Waals surface area contributed by atoms with Crippen molar-refractivity contribution in [3.8, 4) is 0 Å². The molecule has 0 spiro atoms. The summed E-state index contributed by atoms with van der Waals surface area (Å²) in [6.07, 6.45) is 1.68. The van der Waals surface area contributed by atoms with Crippen molar-refractivity contribution in [3.63, 3.8) is 0 Å². The quantitative estimate of drug-likeness (QED) is 0.853. The summed E-state index contributed by atoms with van der Waals surface area (Å²) in [6.45, 7) is 2.61. The van der Waals surface area contributed by atoms with Gasteiger partial charge in [-0.1, -0.05) is 6.92 Å². The topological polar surface area (TPSA) is 92.0 Å². The highest BCUT2D eigenvalue weighted by Crippen LogP contribution is 2.24. The third-order valence-electron chi connectivity index (χ3n) is 4.11. The highest BCUT2D eigenvalue weighted by molar-refractivity contribution is 7.99. The summed E-state index contributed by atoms with van der Waals surface area (Å²) in [4.78, 5) is 41.9. The van der Waals surface area contributed by atoms with E-state index in [9.17, 15) is 14.4 Å². The van der Waals surface area contributed by atoms with Crippen LogP contribution < -0.4 is 5.56 Å². The number of hydrogen-bond donors (Lipinski definition) is 1. The van der Waals surface area contributed by atoms with Crippen LogP contribution in [0.5, 0.6) is 0 Å². The predicted molar refractivity (Wildman–Crippen MR) is 92.4 cm³/mol.